The Hall–Kier alpha value is -1.68. The first-order valence-corrected chi connectivity index (χ1v) is 4.84. The SMILES string of the molecule is CNCc1nc(-c2ccc(C)cc2)no1. The molecule has 4 heteroatoms. The molecule has 0 bridgehead atoms. The van der Waals surface area contributed by atoms with Gasteiger partial charge in [-0.25, -0.2) is 0 Å². The molecule has 0 atom stereocenters. The minimum atomic E-state index is 0.596. The fourth-order valence-electron chi connectivity index (χ4n) is 1.30. The molecule has 0 amide bonds. The van der Waals surface area contributed by atoms with Gasteiger partial charge in [0.2, 0.25) is 11.7 Å². The summed E-state index contributed by atoms with van der Waals surface area (Å²) in [6.07, 6.45) is 0. The summed E-state index contributed by atoms with van der Waals surface area (Å²) in [5, 5.41) is 6.87. The number of aryl methyl sites for hydroxylation is 1. The zero-order chi connectivity index (χ0) is 10.7. The van der Waals surface area contributed by atoms with Crippen molar-refractivity contribution in [3.8, 4) is 11.4 Å². The molecule has 1 aromatic carbocycles. The molecule has 4 nitrogen and oxygen atoms in total. The van der Waals surface area contributed by atoms with Gasteiger partial charge in [0.1, 0.15) is 0 Å². The molecule has 2 rings (SSSR count). The molecule has 78 valence electrons. The lowest BCUT2D eigenvalue weighted by Crippen LogP contribution is -2.04. The molecule has 15 heavy (non-hydrogen) atoms. The summed E-state index contributed by atoms with van der Waals surface area (Å²) in [4.78, 5) is 4.26. The van der Waals surface area contributed by atoms with Crippen LogP contribution in [-0.2, 0) is 6.54 Å². The molecule has 0 unspecified atom stereocenters. The van der Waals surface area contributed by atoms with Crippen LogP contribution in [0.15, 0.2) is 28.8 Å². The van der Waals surface area contributed by atoms with Crippen LogP contribution < -0.4 is 5.32 Å². The van der Waals surface area contributed by atoms with Crippen LogP contribution in [0.1, 0.15) is 11.5 Å². The van der Waals surface area contributed by atoms with Crippen LogP contribution in [0.5, 0.6) is 0 Å². The van der Waals surface area contributed by atoms with Gasteiger partial charge >= 0.3 is 0 Å². The molecule has 0 radical (unpaired) electrons. The fraction of sp³-hybridized carbons (Fsp3) is 0.273. The average molecular weight is 203 g/mol. The quantitative estimate of drug-likeness (QED) is 0.825. The summed E-state index contributed by atoms with van der Waals surface area (Å²) in [5.41, 5.74) is 2.20. The van der Waals surface area contributed by atoms with E-state index in [1.165, 1.54) is 5.56 Å². The fourth-order valence-corrected chi connectivity index (χ4v) is 1.30. The van der Waals surface area contributed by atoms with Crippen molar-refractivity contribution in [2.45, 2.75) is 13.5 Å². The highest BCUT2D eigenvalue weighted by Crippen LogP contribution is 2.15. The molecule has 2 aromatic rings. The first-order chi connectivity index (χ1) is 7.29. The van der Waals surface area contributed by atoms with Crippen LogP contribution in [0.3, 0.4) is 0 Å². The summed E-state index contributed by atoms with van der Waals surface area (Å²) >= 11 is 0. The van der Waals surface area contributed by atoms with E-state index < -0.39 is 0 Å². The Morgan fingerprint density at radius 1 is 1.27 bits per heavy atom. The van der Waals surface area contributed by atoms with Gasteiger partial charge in [0.05, 0.1) is 6.54 Å². The van der Waals surface area contributed by atoms with Gasteiger partial charge < -0.3 is 9.84 Å². The Kier molecular flexibility index (Phi) is 2.78. The van der Waals surface area contributed by atoms with E-state index >= 15 is 0 Å². The molecule has 0 saturated heterocycles. The Morgan fingerprint density at radius 3 is 2.67 bits per heavy atom. The van der Waals surface area contributed by atoms with Gasteiger partial charge in [-0.15, -0.1) is 0 Å². The number of hydrogen-bond donors (Lipinski definition) is 1. The Morgan fingerprint density at radius 2 is 2.00 bits per heavy atom. The van der Waals surface area contributed by atoms with Crippen LogP contribution in [0.4, 0.5) is 0 Å². The van der Waals surface area contributed by atoms with Crippen molar-refractivity contribution in [1.29, 1.82) is 0 Å². The van der Waals surface area contributed by atoms with Gasteiger partial charge in [-0.3, -0.25) is 0 Å². The highest BCUT2D eigenvalue weighted by molar-refractivity contribution is 5.54. The molecule has 0 aliphatic heterocycles. The maximum atomic E-state index is 5.07. The van der Waals surface area contributed by atoms with Crippen molar-refractivity contribution in [3.05, 3.63) is 35.7 Å². The minimum absolute atomic E-state index is 0.596. The van der Waals surface area contributed by atoms with Gasteiger partial charge in [-0.1, -0.05) is 35.0 Å². The number of benzene rings is 1. The van der Waals surface area contributed by atoms with Crippen molar-refractivity contribution in [2.75, 3.05) is 7.05 Å². The average Bonchev–Trinajstić information content (AvgIpc) is 2.68. The van der Waals surface area contributed by atoms with E-state index in [1.807, 2.05) is 38.2 Å². The van der Waals surface area contributed by atoms with Gasteiger partial charge in [0, 0.05) is 5.56 Å². The Balaban J connectivity index is 2.25. The number of nitrogens with one attached hydrogen (secondary N) is 1. The third-order valence-electron chi connectivity index (χ3n) is 2.11. The lowest BCUT2D eigenvalue weighted by Gasteiger charge is -1.94. The second-order valence-corrected chi connectivity index (χ2v) is 3.41. The zero-order valence-electron chi connectivity index (χ0n) is 8.82. The second kappa shape index (κ2) is 4.23. The van der Waals surface area contributed by atoms with Gasteiger partial charge in [-0.05, 0) is 14.0 Å². The summed E-state index contributed by atoms with van der Waals surface area (Å²) in [5.74, 6) is 1.24. The van der Waals surface area contributed by atoms with E-state index in [0.29, 0.717) is 18.3 Å². The molecular formula is C11H13N3O. The van der Waals surface area contributed by atoms with Crippen molar-refractivity contribution in [1.82, 2.24) is 15.5 Å². The summed E-state index contributed by atoms with van der Waals surface area (Å²) in [6.45, 7) is 2.64. The van der Waals surface area contributed by atoms with Gasteiger partial charge in [0.15, 0.2) is 0 Å². The smallest absolute Gasteiger partial charge is 0.240 e. The van der Waals surface area contributed by atoms with Crippen LogP contribution >= 0.6 is 0 Å². The molecule has 0 fully saturated rings. The molecule has 0 saturated carbocycles. The van der Waals surface area contributed by atoms with Gasteiger partial charge in [0.25, 0.3) is 0 Å². The van der Waals surface area contributed by atoms with Crippen molar-refractivity contribution in [2.24, 2.45) is 0 Å². The maximum absolute atomic E-state index is 5.07. The number of hydrogen-bond acceptors (Lipinski definition) is 4. The molecule has 0 aliphatic rings. The summed E-state index contributed by atoms with van der Waals surface area (Å²) in [6, 6.07) is 8.04. The normalized spacial score (nSPS) is 10.5. The lowest BCUT2D eigenvalue weighted by atomic mass is 10.1. The monoisotopic (exact) mass is 203 g/mol. The van der Waals surface area contributed by atoms with Crippen molar-refractivity contribution >= 4 is 0 Å². The third kappa shape index (κ3) is 2.22. The largest absolute Gasteiger partial charge is 0.338 e. The lowest BCUT2D eigenvalue weighted by molar-refractivity contribution is 0.372. The van der Waals surface area contributed by atoms with Crippen molar-refractivity contribution < 1.29 is 4.52 Å². The summed E-state index contributed by atoms with van der Waals surface area (Å²) in [7, 11) is 1.84. The van der Waals surface area contributed by atoms with Crippen molar-refractivity contribution in [3.63, 3.8) is 0 Å². The molecule has 0 aliphatic carbocycles. The maximum Gasteiger partial charge on any atom is 0.240 e. The predicted octanol–water partition coefficient (Wildman–Crippen LogP) is 1.76. The molecular weight excluding hydrogens is 190 g/mol. The minimum Gasteiger partial charge on any atom is -0.338 e. The van der Waals surface area contributed by atoms with Gasteiger partial charge in [-0.2, -0.15) is 4.98 Å². The van der Waals surface area contributed by atoms with Crippen LogP contribution in [0, 0.1) is 6.92 Å². The van der Waals surface area contributed by atoms with E-state index in [-0.39, 0.29) is 0 Å². The molecule has 1 aromatic heterocycles. The highest BCUT2D eigenvalue weighted by atomic mass is 16.5. The molecule has 1 N–H and O–H groups in total. The predicted molar refractivity (Wildman–Crippen MR) is 57.2 cm³/mol. The number of aromatic nitrogens is 2. The van der Waals surface area contributed by atoms with Crippen LogP contribution in [0.25, 0.3) is 11.4 Å². The molecule has 1 heterocycles. The first kappa shape index (κ1) is 9.86. The topological polar surface area (TPSA) is 51.0 Å². The highest BCUT2D eigenvalue weighted by Gasteiger charge is 2.06. The number of nitrogens with zero attached hydrogens (tertiary/aromatic N) is 2. The number of rotatable bonds is 3. The van der Waals surface area contributed by atoms with E-state index in [0.717, 1.165) is 5.56 Å². The zero-order valence-corrected chi connectivity index (χ0v) is 8.82. The van der Waals surface area contributed by atoms with E-state index in [2.05, 4.69) is 15.5 Å². The standard InChI is InChI=1S/C11H13N3O/c1-8-3-5-9(6-4-8)11-13-10(7-12-2)15-14-11/h3-6,12H,7H2,1-2H3. The van der Waals surface area contributed by atoms with Crippen LogP contribution in [-0.4, -0.2) is 17.2 Å². The Bertz CT molecular complexity index is 433. The van der Waals surface area contributed by atoms with E-state index in [9.17, 15) is 0 Å². The molecule has 0 spiro atoms. The summed E-state index contributed by atoms with van der Waals surface area (Å²) < 4.78 is 5.07. The second-order valence-electron chi connectivity index (χ2n) is 3.41. The first-order valence-electron chi connectivity index (χ1n) is 4.84. The Labute approximate surface area is 88.3 Å². The van der Waals surface area contributed by atoms with E-state index in [4.69, 9.17) is 4.52 Å². The van der Waals surface area contributed by atoms with Crippen LogP contribution in [0.2, 0.25) is 0 Å². The third-order valence-corrected chi connectivity index (χ3v) is 2.11. The van der Waals surface area contributed by atoms with E-state index in [1.54, 1.807) is 0 Å².